The topological polar surface area (TPSA) is 45.2 Å². The summed E-state index contributed by atoms with van der Waals surface area (Å²) in [5.74, 6) is 0.689. The molecule has 1 aliphatic heterocycles. The van der Waals surface area contributed by atoms with E-state index in [1.165, 1.54) is 25.7 Å². The van der Waals surface area contributed by atoms with Crippen molar-refractivity contribution in [2.75, 3.05) is 23.3 Å². The highest BCUT2D eigenvalue weighted by Gasteiger charge is 2.16. The SMILES string of the molecule is Cc1cc(Cl)c(C(=O)Nc2ccc(N3CCCCCC3)nc2)cc1-c1cccc(Cl)c1. The van der Waals surface area contributed by atoms with Crippen LogP contribution in [-0.4, -0.2) is 24.0 Å². The molecule has 0 aliphatic carbocycles. The number of carbonyl (C=O) groups is 1. The van der Waals surface area contributed by atoms with E-state index in [-0.39, 0.29) is 5.91 Å². The first-order valence-electron chi connectivity index (χ1n) is 10.6. The molecule has 6 heteroatoms. The molecule has 0 atom stereocenters. The summed E-state index contributed by atoms with van der Waals surface area (Å²) in [5.41, 5.74) is 3.90. The number of pyridine rings is 1. The summed E-state index contributed by atoms with van der Waals surface area (Å²) in [6.45, 7) is 4.03. The molecule has 3 aromatic rings. The molecule has 1 fully saturated rings. The molecule has 0 radical (unpaired) electrons. The van der Waals surface area contributed by atoms with Gasteiger partial charge in [0.2, 0.25) is 0 Å². The van der Waals surface area contributed by atoms with Crippen molar-refractivity contribution in [1.82, 2.24) is 4.98 Å². The van der Waals surface area contributed by atoms with E-state index in [2.05, 4.69) is 15.2 Å². The monoisotopic (exact) mass is 453 g/mol. The molecule has 2 aromatic carbocycles. The van der Waals surface area contributed by atoms with Gasteiger partial charge in [-0.25, -0.2) is 4.98 Å². The smallest absolute Gasteiger partial charge is 0.257 e. The van der Waals surface area contributed by atoms with Crippen molar-refractivity contribution in [2.24, 2.45) is 0 Å². The first kappa shape index (κ1) is 21.7. The number of rotatable bonds is 4. The Kier molecular flexibility index (Phi) is 6.79. The van der Waals surface area contributed by atoms with Gasteiger partial charge in [-0.2, -0.15) is 0 Å². The third-order valence-corrected chi connectivity index (χ3v) is 6.18. The zero-order valence-corrected chi connectivity index (χ0v) is 19.0. The summed E-state index contributed by atoms with van der Waals surface area (Å²) in [6.07, 6.45) is 6.65. The van der Waals surface area contributed by atoms with Crippen molar-refractivity contribution < 1.29 is 4.79 Å². The first-order valence-corrected chi connectivity index (χ1v) is 11.4. The zero-order valence-electron chi connectivity index (χ0n) is 17.5. The molecule has 0 spiro atoms. The summed E-state index contributed by atoms with van der Waals surface area (Å²) < 4.78 is 0. The molecule has 1 saturated heterocycles. The largest absolute Gasteiger partial charge is 0.357 e. The summed E-state index contributed by atoms with van der Waals surface area (Å²) in [4.78, 5) is 19.8. The lowest BCUT2D eigenvalue weighted by molar-refractivity contribution is 0.102. The maximum Gasteiger partial charge on any atom is 0.257 e. The van der Waals surface area contributed by atoms with Gasteiger partial charge in [0.25, 0.3) is 5.91 Å². The van der Waals surface area contributed by atoms with Crippen molar-refractivity contribution in [3.63, 3.8) is 0 Å². The first-order chi connectivity index (χ1) is 15.0. The number of anilines is 2. The minimum Gasteiger partial charge on any atom is -0.357 e. The van der Waals surface area contributed by atoms with Crippen molar-refractivity contribution in [2.45, 2.75) is 32.6 Å². The number of nitrogens with zero attached hydrogens (tertiary/aromatic N) is 2. The maximum atomic E-state index is 13.0. The quantitative estimate of drug-likeness (QED) is 0.462. The Bertz CT molecular complexity index is 1070. The lowest BCUT2D eigenvalue weighted by Gasteiger charge is -2.21. The van der Waals surface area contributed by atoms with Crippen molar-refractivity contribution in [1.29, 1.82) is 0 Å². The third-order valence-electron chi connectivity index (χ3n) is 5.63. The van der Waals surface area contributed by atoms with E-state index >= 15 is 0 Å². The second-order valence-electron chi connectivity index (χ2n) is 7.92. The van der Waals surface area contributed by atoms with Crippen LogP contribution < -0.4 is 10.2 Å². The summed E-state index contributed by atoms with van der Waals surface area (Å²) in [7, 11) is 0. The highest BCUT2D eigenvalue weighted by molar-refractivity contribution is 6.34. The van der Waals surface area contributed by atoms with Crippen LogP contribution in [0.1, 0.15) is 41.6 Å². The van der Waals surface area contributed by atoms with Crippen molar-refractivity contribution in [3.05, 3.63) is 75.9 Å². The second kappa shape index (κ2) is 9.71. The molecule has 160 valence electrons. The molecule has 1 aliphatic rings. The number of nitrogens with one attached hydrogen (secondary N) is 1. The molecule has 31 heavy (non-hydrogen) atoms. The number of carbonyl (C=O) groups excluding carboxylic acids is 1. The van der Waals surface area contributed by atoms with Gasteiger partial charge >= 0.3 is 0 Å². The molecule has 0 unspecified atom stereocenters. The van der Waals surface area contributed by atoms with Crippen molar-refractivity contribution >= 4 is 40.6 Å². The van der Waals surface area contributed by atoms with Gasteiger partial charge in [-0.15, -0.1) is 0 Å². The van der Waals surface area contributed by atoms with E-state index in [1.54, 1.807) is 6.20 Å². The molecular formula is C25H25Cl2N3O. The minimum absolute atomic E-state index is 0.266. The van der Waals surface area contributed by atoms with Crippen LogP contribution in [0, 0.1) is 6.92 Å². The molecule has 0 saturated carbocycles. The Balaban J connectivity index is 1.53. The Morgan fingerprint density at radius 3 is 2.45 bits per heavy atom. The van der Waals surface area contributed by atoms with Crippen LogP contribution in [-0.2, 0) is 0 Å². The van der Waals surface area contributed by atoms with Crippen molar-refractivity contribution in [3.8, 4) is 11.1 Å². The summed E-state index contributed by atoms with van der Waals surface area (Å²) >= 11 is 12.6. The number of halogens is 2. The normalized spacial score (nSPS) is 14.2. The van der Waals surface area contributed by atoms with Crippen LogP contribution >= 0.6 is 23.2 Å². The third kappa shape index (κ3) is 5.20. The fourth-order valence-corrected chi connectivity index (χ4v) is 4.45. The van der Waals surface area contributed by atoms with Gasteiger partial charge in [0.1, 0.15) is 5.82 Å². The molecule has 2 heterocycles. The van der Waals surface area contributed by atoms with Crippen LogP contribution in [0.4, 0.5) is 11.5 Å². The Morgan fingerprint density at radius 1 is 1.00 bits per heavy atom. The van der Waals surface area contributed by atoms with Crippen LogP contribution in [0.5, 0.6) is 0 Å². The van der Waals surface area contributed by atoms with E-state index < -0.39 is 0 Å². The minimum atomic E-state index is -0.266. The molecule has 4 nitrogen and oxygen atoms in total. The molecule has 1 N–H and O–H groups in total. The second-order valence-corrected chi connectivity index (χ2v) is 8.76. The van der Waals surface area contributed by atoms with E-state index in [4.69, 9.17) is 23.2 Å². The van der Waals surface area contributed by atoms with Gasteiger partial charge < -0.3 is 10.2 Å². The highest BCUT2D eigenvalue weighted by Crippen LogP contribution is 2.31. The van der Waals surface area contributed by atoms with Gasteiger partial charge in [-0.1, -0.05) is 48.2 Å². The predicted octanol–water partition coefficient (Wildman–Crippen LogP) is 7.00. The number of benzene rings is 2. The highest BCUT2D eigenvalue weighted by atomic mass is 35.5. The molecule has 0 bridgehead atoms. The standard InChI is InChI=1S/C25H25Cl2N3O/c1-17-13-23(27)22(15-21(17)18-7-6-8-19(26)14-18)25(31)29-20-9-10-24(28-16-20)30-11-4-2-3-5-12-30/h6-10,13-16H,2-5,11-12H2,1H3,(H,29,31). The van der Waals surface area contributed by atoms with E-state index in [0.717, 1.165) is 35.6 Å². The van der Waals surface area contributed by atoms with E-state index in [0.29, 0.717) is 21.3 Å². The number of aromatic nitrogens is 1. The Labute approximate surface area is 193 Å². The average Bonchev–Trinajstić information content (AvgIpc) is 3.04. The van der Waals surface area contributed by atoms with E-state index in [9.17, 15) is 4.79 Å². The van der Waals surface area contributed by atoms with Gasteiger partial charge in [-0.05, 0) is 72.9 Å². The number of amides is 1. The maximum absolute atomic E-state index is 13.0. The Hall–Kier alpha value is -2.56. The molecule has 1 amide bonds. The number of hydrogen-bond acceptors (Lipinski definition) is 3. The van der Waals surface area contributed by atoms with Crippen LogP contribution in [0.15, 0.2) is 54.7 Å². The molecular weight excluding hydrogens is 429 g/mol. The van der Waals surface area contributed by atoms with Gasteiger partial charge in [0.15, 0.2) is 0 Å². The van der Waals surface area contributed by atoms with Crippen LogP contribution in [0.2, 0.25) is 10.0 Å². The molecule has 4 rings (SSSR count). The Morgan fingerprint density at radius 2 is 1.77 bits per heavy atom. The van der Waals surface area contributed by atoms with E-state index in [1.807, 2.05) is 55.5 Å². The zero-order chi connectivity index (χ0) is 21.8. The lowest BCUT2D eigenvalue weighted by Crippen LogP contribution is -2.24. The van der Waals surface area contributed by atoms with Crippen LogP contribution in [0.25, 0.3) is 11.1 Å². The fraction of sp³-hybridized carbons (Fsp3) is 0.280. The lowest BCUT2D eigenvalue weighted by atomic mass is 9.97. The predicted molar refractivity (Wildman–Crippen MR) is 130 cm³/mol. The van der Waals surface area contributed by atoms with Gasteiger partial charge in [0.05, 0.1) is 22.5 Å². The average molecular weight is 454 g/mol. The van der Waals surface area contributed by atoms with Gasteiger partial charge in [-0.3, -0.25) is 4.79 Å². The number of hydrogen-bond donors (Lipinski definition) is 1. The fourth-order valence-electron chi connectivity index (χ4n) is 3.96. The summed E-state index contributed by atoms with van der Waals surface area (Å²) in [6, 6.07) is 15.1. The summed E-state index contributed by atoms with van der Waals surface area (Å²) in [5, 5.41) is 3.98. The van der Waals surface area contributed by atoms with Crippen LogP contribution in [0.3, 0.4) is 0 Å². The number of aryl methyl sites for hydroxylation is 1. The molecule has 1 aromatic heterocycles. The van der Waals surface area contributed by atoms with Gasteiger partial charge in [0, 0.05) is 18.1 Å².